The standard InChI is InChI=1S/C8H6Cl2N4/c9-5-1-6(10)3-7(2-5)14-4-8(11)12-13-14/h1-4H,11H2. The first-order chi connectivity index (χ1) is 6.65. The molecule has 0 amide bonds. The number of rotatable bonds is 1. The molecule has 1 heterocycles. The van der Waals surface area contributed by atoms with Gasteiger partial charge in [-0.3, -0.25) is 0 Å². The molecule has 0 spiro atoms. The molecular weight excluding hydrogens is 223 g/mol. The summed E-state index contributed by atoms with van der Waals surface area (Å²) in [6.45, 7) is 0. The third-order valence-corrected chi connectivity index (χ3v) is 2.06. The topological polar surface area (TPSA) is 56.7 Å². The molecule has 2 N–H and O–H groups in total. The van der Waals surface area contributed by atoms with Crippen LogP contribution in [-0.2, 0) is 0 Å². The van der Waals surface area contributed by atoms with Crippen LogP contribution in [0.25, 0.3) is 5.69 Å². The Hall–Kier alpha value is -1.26. The SMILES string of the molecule is Nc1cn(-c2cc(Cl)cc(Cl)c2)nn1. The van der Waals surface area contributed by atoms with E-state index < -0.39 is 0 Å². The van der Waals surface area contributed by atoms with Gasteiger partial charge in [0.25, 0.3) is 0 Å². The van der Waals surface area contributed by atoms with Crippen molar-refractivity contribution in [3.63, 3.8) is 0 Å². The fourth-order valence-corrected chi connectivity index (χ4v) is 1.59. The van der Waals surface area contributed by atoms with Gasteiger partial charge in [-0.2, -0.15) is 0 Å². The normalized spacial score (nSPS) is 10.4. The minimum Gasteiger partial charge on any atom is -0.381 e. The van der Waals surface area contributed by atoms with E-state index in [0.29, 0.717) is 15.9 Å². The van der Waals surface area contributed by atoms with E-state index in [0.717, 1.165) is 5.69 Å². The van der Waals surface area contributed by atoms with Crippen LogP contribution in [0.1, 0.15) is 0 Å². The number of halogens is 2. The summed E-state index contributed by atoms with van der Waals surface area (Å²) in [5.74, 6) is 0.348. The number of aromatic nitrogens is 3. The molecular formula is C8H6Cl2N4. The summed E-state index contributed by atoms with van der Waals surface area (Å²) in [6.07, 6.45) is 1.59. The number of benzene rings is 1. The first-order valence-electron chi connectivity index (χ1n) is 3.79. The second-order valence-electron chi connectivity index (χ2n) is 2.72. The summed E-state index contributed by atoms with van der Waals surface area (Å²) < 4.78 is 1.51. The zero-order chi connectivity index (χ0) is 10.1. The van der Waals surface area contributed by atoms with Crippen LogP contribution >= 0.6 is 23.2 Å². The molecule has 0 radical (unpaired) electrons. The van der Waals surface area contributed by atoms with Gasteiger partial charge in [0.05, 0.1) is 11.9 Å². The summed E-state index contributed by atoms with van der Waals surface area (Å²) in [4.78, 5) is 0. The third-order valence-electron chi connectivity index (χ3n) is 1.62. The molecule has 0 aliphatic heterocycles. The average Bonchev–Trinajstić information content (AvgIpc) is 2.50. The van der Waals surface area contributed by atoms with Gasteiger partial charge in [-0.1, -0.05) is 28.4 Å². The Labute approximate surface area is 90.2 Å². The van der Waals surface area contributed by atoms with Crippen LogP contribution in [0.5, 0.6) is 0 Å². The second-order valence-corrected chi connectivity index (χ2v) is 3.59. The Bertz CT molecular complexity index is 446. The number of nitrogen functional groups attached to an aromatic ring is 1. The Morgan fingerprint density at radius 1 is 1.14 bits per heavy atom. The van der Waals surface area contributed by atoms with E-state index in [-0.39, 0.29) is 0 Å². The van der Waals surface area contributed by atoms with Crippen LogP contribution in [0.15, 0.2) is 24.4 Å². The fourth-order valence-electron chi connectivity index (χ4n) is 1.07. The van der Waals surface area contributed by atoms with Crippen LogP contribution in [0.2, 0.25) is 10.0 Å². The van der Waals surface area contributed by atoms with Crippen LogP contribution in [0.3, 0.4) is 0 Å². The van der Waals surface area contributed by atoms with Gasteiger partial charge in [-0.05, 0) is 18.2 Å². The molecule has 0 unspecified atom stereocenters. The second kappa shape index (κ2) is 3.48. The van der Waals surface area contributed by atoms with Crippen molar-refractivity contribution in [3.05, 3.63) is 34.4 Å². The molecule has 4 nitrogen and oxygen atoms in total. The van der Waals surface area contributed by atoms with Crippen molar-refractivity contribution in [2.45, 2.75) is 0 Å². The van der Waals surface area contributed by atoms with Gasteiger partial charge in [-0.15, -0.1) is 5.10 Å². The lowest BCUT2D eigenvalue weighted by Gasteiger charge is -2.01. The number of nitrogens with two attached hydrogens (primary N) is 1. The van der Waals surface area contributed by atoms with E-state index >= 15 is 0 Å². The molecule has 0 saturated carbocycles. The molecule has 0 fully saturated rings. The minimum absolute atomic E-state index is 0.348. The van der Waals surface area contributed by atoms with Crippen molar-refractivity contribution in [2.75, 3.05) is 5.73 Å². The lowest BCUT2D eigenvalue weighted by molar-refractivity contribution is 0.804. The number of hydrogen-bond donors (Lipinski definition) is 1. The molecule has 0 aliphatic rings. The smallest absolute Gasteiger partial charge is 0.166 e. The van der Waals surface area contributed by atoms with Gasteiger partial charge < -0.3 is 5.73 Å². The fraction of sp³-hybridized carbons (Fsp3) is 0. The van der Waals surface area contributed by atoms with Crippen molar-refractivity contribution in [2.24, 2.45) is 0 Å². The molecule has 0 aliphatic carbocycles. The van der Waals surface area contributed by atoms with Gasteiger partial charge in [-0.25, -0.2) is 4.68 Å². The van der Waals surface area contributed by atoms with Gasteiger partial charge in [0, 0.05) is 10.0 Å². The Balaban J connectivity index is 2.51. The van der Waals surface area contributed by atoms with Crippen molar-refractivity contribution < 1.29 is 0 Å². The highest BCUT2D eigenvalue weighted by Crippen LogP contribution is 2.21. The number of anilines is 1. The Morgan fingerprint density at radius 2 is 1.79 bits per heavy atom. The molecule has 6 heteroatoms. The van der Waals surface area contributed by atoms with Crippen LogP contribution in [0.4, 0.5) is 5.82 Å². The van der Waals surface area contributed by atoms with Gasteiger partial charge in [0.2, 0.25) is 0 Å². The zero-order valence-electron chi connectivity index (χ0n) is 6.98. The van der Waals surface area contributed by atoms with E-state index in [1.54, 1.807) is 24.4 Å². The largest absolute Gasteiger partial charge is 0.381 e. The first-order valence-corrected chi connectivity index (χ1v) is 4.55. The lowest BCUT2D eigenvalue weighted by atomic mass is 10.3. The van der Waals surface area contributed by atoms with Gasteiger partial charge in [0.15, 0.2) is 5.82 Å². The van der Waals surface area contributed by atoms with Gasteiger partial charge >= 0.3 is 0 Å². The number of nitrogens with zero attached hydrogens (tertiary/aromatic N) is 3. The molecule has 72 valence electrons. The highest BCUT2D eigenvalue weighted by atomic mass is 35.5. The predicted molar refractivity (Wildman–Crippen MR) is 55.8 cm³/mol. The molecule has 14 heavy (non-hydrogen) atoms. The first kappa shape index (κ1) is 9.30. The number of hydrogen-bond acceptors (Lipinski definition) is 3. The molecule has 0 bridgehead atoms. The third kappa shape index (κ3) is 1.81. The van der Waals surface area contributed by atoms with Crippen molar-refractivity contribution in [3.8, 4) is 5.69 Å². The van der Waals surface area contributed by atoms with E-state index in [1.165, 1.54) is 4.68 Å². The van der Waals surface area contributed by atoms with Crippen LogP contribution in [0, 0.1) is 0 Å². The minimum atomic E-state index is 0.348. The van der Waals surface area contributed by atoms with Crippen molar-refractivity contribution >= 4 is 29.0 Å². The Kier molecular flexibility index (Phi) is 2.31. The van der Waals surface area contributed by atoms with Crippen LogP contribution in [-0.4, -0.2) is 15.0 Å². The summed E-state index contributed by atoms with van der Waals surface area (Å²) in [5, 5.41) is 8.54. The monoisotopic (exact) mass is 228 g/mol. The highest BCUT2D eigenvalue weighted by Gasteiger charge is 2.02. The van der Waals surface area contributed by atoms with Crippen molar-refractivity contribution in [1.29, 1.82) is 0 Å². The maximum atomic E-state index is 5.83. The van der Waals surface area contributed by atoms with E-state index in [9.17, 15) is 0 Å². The molecule has 1 aromatic heterocycles. The molecule has 2 aromatic rings. The van der Waals surface area contributed by atoms with Gasteiger partial charge in [0.1, 0.15) is 0 Å². The molecule has 0 atom stereocenters. The van der Waals surface area contributed by atoms with E-state index in [2.05, 4.69) is 10.3 Å². The summed E-state index contributed by atoms with van der Waals surface area (Å²) in [7, 11) is 0. The maximum absolute atomic E-state index is 5.83. The summed E-state index contributed by atoms with van der Waals surface area (Å²) in [5.41, 5.74) is 6.16. The van der Waals surface area contributed by atoms with E-state index in [4.69, 9.17) is 28.9 Å². The molecule has 2 rings (SSSR count). The van der Waals surface area contributed by atoms with Crippen molar-refractivity contribution in [1.82, 2.24) is 15.0 Å². The van der Waals surface area contributed by atoms with E-state index in [1.807, 2.05) is 0 Å². The maximum Gasteiger partial charge on any atom is 0.166 e. The van der Waals surface area contributed by atoms with Crippen LogP contribution < -0.4 is 5.73 Å². The zero-order valence-corrected chi connectivity index (χ0v) is 8.50. The quantitative estimate of drug-likeness (QED) is 0.814. The highest BCUT2D eigenvalue weighted by molar-refractivity contribution is 6.34. The predicted octanol–water partition coefficient (Wildman–Crippen LogP) is 2.16. The summed E-state index contributed by atoms with van der Waals surface area (Å²) >= 11 is 11.7. The lowest BCUT2D eigenvalue weighted by Crippen LogP contribution is -1.94. The Morgan fingerprint density at radius 3 is 2.29 bits per heavy atom. The summed E-state index contributed by atoms with van der Waals surface area (Å²) in [6, 6.07) is 5.09. The molecule has 1 aromatic carbocycles. The molecule has 0 saturated heterocycles. The average molecular weight is 229 g/mol.